The van der Waals surface area contributed by atoms with Crippen molar-refractivity contribution < 1.29 is 4.79 Å². The molecular weight excluding hydrogens is 298 g/mol. The summed E-state index contributed by atoms with van der Waals surface area (Å²) in [5.74, 6) is 0.933. The smallest absolute Gasteiger partial charge is 0.267 e. The molecule has 2 aromatic rings. The molecule has 0 saturated carbocycles. The van der Waals surface area contributed by atoms with Gasteiger partial charge in [0.1, 0.15) is 0 Å². The van der Waals surface area contributed by atoms with Crippen molar-refractivity contribution in [1.82, 2.24) is 10.2 Å². The molecule has 0 fully saturated rings. The lowest BCUT2D eigenvalue weighted by Gasteiger charge is -1.96. The standard InChI is InChI=1S/C12H15N3OS3/c1-3-4-5-17-12-15-14-11(19-12)13-10(16)9-6-8(2)7-18-9/h6-7H,3-5H2,1-2H3,(H,13,14,16). The SMILES string of the molecule is CCCCSc1nnc(NC(=O)c2cc(C)cs2)s1. The van der Waals surface area contributed by atoms with Gasteiger partial charge >= 0.3 is 0 Å². The van der Waals surface area contributed by atoms with Gasteiger partial charge in [-0.25, -0.2) is 0 Å². The van der Waals surface area contributed by atoms with Crippen LogP contribution in [0.25, 0.3) is 0 Å². The molecule has 0 aliphatic rings. The van der Waals surface area contributed by atoms with Crippen LogP contribution >= 0.6 is 34.4 Å². The van der Waals surface area contributed by atoms with Crippen molar-refractivity contribution >= 4 is 45.5 Å². The predicted molar refractivity (Wildman–Crippen MR) is 82.6 cm³/mol. The average molecular weight is 313 g/mol. The lowest BCUT2D eigenvalue weighted by atomic mass is 10.3. The summed E-state index contributed by atoms with van der Waals surface area (Å²) in [6, 6.07) is 1.87. The zero-order chi connectivity index (χ0) is 13.7. The first-order chi connectivity index (χ1) is 9.19. The third-order valence-electron chi connectivity index (χ3n) is 2.30. The van der Waals surface area contributed by atoms with Gasteiger partial charge in [0.2, 0.25) is 5.13 Å². The molecule has 0 atom stereocenters. The maximum absolute atomic E-state index is 11.9. The number of hydrogen-bond donors (Lipinski definition) is 1. The Kier molecular flexibility index (Phi) is 5.35. The zero-order valence-corrected chi connectivity index (χ0v) is 13.3. The van der Waals surface area contributed by atoms with Crippen LogP contribution in [0.4, 0.5) is 5.13 Å². The Hall–Kier alpha value is -0.920. The largest absolute Gasteiger partial charge is 0.296 e. The maximum atomic E-state index is 11.9. The topological polar surface area (TPSA) is 54.9 Å². The number of unbranched alkanes of at least 4 members (excludes halogenated alkanes) is 1. The Labute approximate surface area is 124 Å². The number of nitrogens with zero attached hydrogens (tertiary/aromatic N) is 2. The summed E-state index contributed by atoms with van der Waals surface area (Å²) < 4.78 is 0.908. The number of aromatic nitrogens is 2. The minimum absolute atomic E-state index is 0.112. The van der Waals surface area contributed by atoms with Crippen LogP contribution in [0.2, 0.25) is 0 Å². The molecule has 2 rings (SSSR count). The Morgan fingerprint density at radius 1 is 1.47 bits per heavy atom. The van der Waals surface area contributed by atoms with E-state index in [9.17, 15) is 4.79 Å². The molecule has 0 radical (unpaired) electrons. The van der Waals surface area contributed by atoms with E-state index in [1.54, 1.807) is 11.8 Å². The number of rotatable bonds is 6. The number of thioether (sulfide) groups is 1. The molecule has 0 saturated heterocycles. The van der Waals surface area contributed by atoms with Gasteiger partial charge in [0, 0.05) is 5.75 Å². The van der Waals surface area contributed by atoms with Crippen LogP contribution in [0.3, 0.4) is 0 Å². The highest BCUT2D eigenvalue weighted by Gasteiger charge is 2.11. The second-order valence-electron chi connectivity index (χ2n) is 4.02. The lowest BCUT2D eigenvalue weighted by molar-refractivity contribution is 0.103. The highest BCUT2D eigenvalue weighted by atomic mass is 32.2. The van der Waals surface area contributed by atoms with E-state index >= 15 is 0 Å². The summed E-state index contributed by atoms with van der Waals surface area (Å²) in [6.45, 7) is 4.13. The molecule has 0 spiro atoms. The summed E-state index contributed by atoms with van der Waals surface area (Å²) in [5.41, 5.74) is 1.10. The summed E-state index contributed by atoms with van der Waals surface area (Å²) in [7, 11) is 0. The summed E-state index contributed by atoms with van der Waals surface area (Å²) >= 11 is 4.56. The van der Waals surface area contributed by atoms with Gasteiger partial charge in [-0.1, -0.05) is 36.4 Å². The van der Waals surface area contributed by atoms with E-state index in [4.69, 9.17) is 0 Å². The summed E-state index contributed by atoms with van der Waals surface area (Å²) in [6.07, 6.45) is 2.34. The molecule has 19 heavy (non-hydrogen) atoms. The second kappa shape index (κ2) is 7.02. The molecule has 0 bridgehead atoms. The monoisotopic (exact) mass is 313 g/mol. The van der Waals surface area contributed by atoms with Crippen molar-refractivity contribution in [2.75, 3.05) is 11.1 Å². The van der Waals surface area contributed by atoms with E-state index in [1.807, 2.05) is 18.4 Å². The van der Waals surface area contributed by atoms with Gasteiger partial charge in [-0.3, -0.25) is 10.1 Å². The lowest BCUT2D eigenvalue weighted by Crippen LogP contribution is -2.09. The first-order valence-corrected chi connectivity index (χ1v) is 8.70. The highest BCUT2D eigenvalue weighted by Crippen LogP contribution is 2.26. The predicted octanol–water partition coefficient (Wildman–Crippen LogP) is 4.05. The van der Waals surface area contributed by atoms with Gasteiger partial charge in [-0.2, -0.15) is 0 Å². The molecule has 4 nitrogen and oxygen atoms in total. The van der Waals surface area contributed by atoms with Gasteiger partial charge in [0.05, 0.1) is 4.88 Å². The van der Waals surface area contributed by atoms with Crippen LogP contribution in [-0.2, 0) is 0 Å². The molecule has 0 aliphatic carbocycles. The number of carbonyl (C=O) groups is 1. The van der Waals surface area contributed by atoms with Gasteiger partial charge < -0.3 is 0 Å². The molecule has 1 N–H and O–H groups in total. The number of thiophene rings is 1. The molecule has 1 amide bonds. The molecule has 0 aromatic carbocycles. The van der Waals surface area contributed by atoms with E-state index in [-0.39, 0.29) is 5.91 Å². The van der Waals surface area contributed by atoms with E-state index in [0.29, 0.717) is 10.0 Å². The second-order valence-corrected chi connectivity index (χ2v) is 7.25. The zero-order valence-electron chi connectivity index (χ0n) is 10.8. The third-order valence-corrected chi connectivity index (χ3v) is 5.41. The van der Waals surface area contributed by atoms with Crippen LogP contribution in [0, 0.1) is 6.92 Å². The average Bonchev–Trinajstić information content (AvgIpc) is 2.99. The van der Waals surface area contributed by atoms with Crippen LogP contribution in [-0.4, -0.2) is 21.9 Å². The van der Waals surface area contributed by atoms with Gasteiger partial charge in [0.25, 0.3) is 5.91 Å². The highest BCUT2D eigenvalue weighted by molar-refractivity contribution is 8.01. The molecule has 0 aliphatic heterocycles. The fraction of sp³-hybridized carbons (Fsp3) is 0.417. The number of aryl methyl sites for hydroxylation is 1. The Balaban J connectivity index is 1.90. The van der Waals surface area contributed by atoms with Crippen LogP contribution < -0.4 is 5.32 Å². The number of hydrogen-bond acceptors (Lipinski definition) is 6. The number of anilines is 1. The molecule has 2 aromatic heterocycles. The van der Waals surface area contributed by atoms with Crippen molar-refractivity contribution in [3.8, 4) is 0 Å². The number of nitrogens with one attached hydrogen (secondary N) is 1. The van der Waals surface area contributed by atoms with Gasteiger partial charge in [-0.05, 0) is 30.4 Å². The van der Waals surface area contributed by atoms with Gasteiger partial charge in [0.15, 0.2) is 4.34 Å². The van der Waals surface area contributed by atoms with Crippen molar-refractivity contribution in [3.05, 3.63) is 21.9 Å². The van der Waals surface area contributed by atoms with Crippen LogP contribution in [0.5, 0.6) is 0 Å². The Bertz CT molecular complexity index is 550. The molecule has 0 unspecified atom stereocenters. The normalized spacial score (nSPS) is 10.6. The Morgan fingerprint density at radius 2 is 2.32 bits per heavy atom. The van der Waals surface area contributed by atoms with Crippen molar-refractivity contribution in [3.63, 3.8) is 0 Å². The van der Waals surface area contributed by atoms with Gasteiger partial charge in [-0.15, -0.1) is 21.5 Å². The Morgan fingerprint density at radius 3 is 3.00 bits per heavy atom. The van der Waals surface area contributed by atoms with E-state index in [0.717, 1.165) is 15.7 Å². The summed E-state index contributed by atoms with van der Waals surface area (Å²) in [5, 5.41) is 13.4. The quantitative estimate of drug-likeness (QED) is 0.496. The van der Waals surface area contributed by atoms with Crippen molar-refractivity contribution in [2.45, 2.75) is 31.0 Å². The third kappa shape index (κ3) is 4.29. The van der Waals surface area contributed by atoms with Crippen LogP contribution in [0.15, 0.2) is 15.8 Å². The van der Waals surface area contributed by atoms with E-state index in [2.05, 4.69) is 22.4 Å². The minimum atomic E-state index is -0.112. The summed E-state index contributed by atoms with van der Waals surface area (Å²) in [4.78, 5) is 12.6. The van der Waals surface area contributed by atoms with Crippen molar-refractivity contribution in [2.24, 2.45) is 0 Å². The number of carbonyl (C=O) groups excluding carboxylic acids is 1. The molecule has 102 valence electrons. The van der Waals surface area contributed by atoms with Crippen molar-refractivity contribution in [1.29, 1.82) is 0 Å². The fourth-order valence-electron chi connectivity index (χ4n) is 1.33. The van der Waals surface area contributed by atoms with E-state index < -0.39 is 0 Å². The number of amides is 1. The molecule has 7 heteroatoms. The molecular formula is C12H15N3OS3. The minimum Gasteiger partial charge on any atom is -0.296 e. The molecule has 2 heterocycles. The first-order valence-electron chi connectivity index (χ1n) is 6.02. The first kappa shape index (κ1) is 14.5. The van der Waals surface area contributed by atoms with E-state index in [1.165, 1.54) is 35.5 Å². The van der Waals surface area contributed by atoms with Crippen LogP contribution in [0.1, 0.15) is 35.0 Å². The fourth-order valence-corrected chi connectivity index (χ4v) is 4.03. The maximum Gasteiger partial charge on any atom is 0.267 e.